The number of anilines is 1. The van der Waals surface area contributed by atoms with Crippen LogP contribution in [0.1, 0.15) is 5.56 Å². The molecular weight excluding hydrogens is 280 g/mol. The fourth-order valence-corrected chi connectivity index (χ4v) is 2.16. The summed E-state index contributed by atoms with van der Waals surface area (Å²) in [7, 11) is 2.12. The Labute approximate surface area is 110 Å². The number of hydrogen-bond donors (Lipinski definition) is 1. The third-order valence-corrected chi connectivity index (χ3v) is 3.38. The molecule has 1 N–H and O–H groups in total. The van der Waals surface area contributed by atoms with Crippen molar-refractivity contribution in [2.75, 3.05) is 38.7 Å². The SMILES string of the molecule is CN1CCN(Nc2ccc(Br)cc2C#N)CC1. The van der Waals surface area contributed by atoms with Gasteiger partial charge in [-0.1, -0.05) is 15.9 Å². The molecule has 1 aliphatic rings. The molecule has 17 heavy (non-hydrogen) atoms. The monoisotopic (exact) mass is 294 g/mol. The number of nitriles is 1. The zero-order chi connectivity index (χ0) is 12.3. The third kappa shape index (κ3) is 3.19. The van der Waals surface area contributed by atoms with Crippen molar-refractivity contribution in [2.24, 2.45) is 0 Å². The second kappa shape index (κ2) is 5.50. The average molecular weight is 295 g/mol. The lowest BCUT2D eigenvalue weighted by molar-refractivity contribution is 0.179. The smallest absolute Gasteiger partial charge is 0.101 e. The molecule has 0 spiro atoms. The minimum atomic E-state index is 0.665. The average Bonchev–Trinajstić information content (AvgIpc) is 2.34. The molecule has 90 valence electrons. The molecule has 0 aliphatic carbocycles. The zero-order valence-electron chi connectivity index (χ0n) is 9.78. The Morgan fingerprint density at radius 2 is 2.00 bits per heavy atom. The van der Waals surface area contributed by atoms with Crippen molar-refractivity contribution in [2.45, 2.75) is 0 Å². The van der Waals surface area contributed by atoms with Crippen LogP contribution in [0, 0.1) is 11.3 Å². The summed E-state index contributed by atoms with van der Waals surface area (Å²) in [6.45, 7) is 4.03. The number of benzene rings is 1. The van der Waals surface area contributed by atoms with Gasteiger partial charge >= 0.3 is 0 Å². The maximum Gasteiger partial charge on any atom is 0.101 e. The van der Waals surface area contributed by atoms with Crippen molar-refractivity contribution in [3.8, 4) is 6.07 Å². The highest BCUT2D eigenvalue weighted by Gasteiger charge is 2.14. The molecule has 5 heteroatoms. The quantitative estimate of drug-likeness (QED) is 0.905. The van der Waals surface area contributed by atoms with Gasteiger partial charge in [0.15, 0.2) is 0 Å². The van der Waals surface area contributed by atoms with E-state index in [2.05, 4.69) is 44.4 Å². The normalized spacial score (nSPS) is 17.7. The van der Waals surface area contributed by atoms with Crippen molar-refractivity contribution in [3.63, 3.8) is 0 Å². The van der Waals surface area contributed by atoms with E-state index in [1.807, 2.05) is 18.2 Å². The van der Waals surface area contributed by atoms with Crippen LogP contribution in [0.2, 0.25) is 0 Å². The predicted molar refractivity (Wildman–Crippen MR) is 71.5 cm³/mol. The van der Waals surface area contributed by atoms with E-state index in [1.165, 1.54) is 0 Å². The molecule has 4 nitrogen and oxygen atoms in total. The molecule has 1 aliphatic heterocycles. The summed E-state index contributed by atoms with van der Waals surface area (Å²) in [6.07, 6.45) is 0. The minimum Gasteiger partial charge on any atom is -0.317 e. The van der Waals surface area contributed by atoms with Crippen molar-refractivity contribution in [1.82, 2.24) is 9.91 Å². The Bertz CT molecular complexity index is 433. The summed E-state index contributed by atoms with van der Waals surface area (Å²) in [5.74, 6) is 0. The number of hydrogen-bond acceptors (Lipinski definition) is 4. The van der Waals surface area contributed by atoms with E-state index >= 15 is 0 Å². The van der Waals surface area contributed by atoms with E-state index in [1.54, 1.807) is 0 Å². The summed E-state index contributed by atoms with van der Waals surface area (Å²) in [6, 6.07) is 7.91. The molecule has 1 saturated heterocycles. The van der Waals surface area contributed by atoms with E-state index in [0.717, 1.165) is 36.3 Å². The Balaban J connectivity index is 2.06. The van der Waals surface area contributed by atoms with E-state index < -0.39 is 0 Å². The number of halogens is 1. The first-order chi connectivity index (χ1) is 8.19. The molecule has 0 amide bonds. The summed E-state index contributed by atoms with van der Waals surface area (Å²) in [5, 5.41) is 11.2. The van der Waals surface area contributed by atoms with Gasteiger partial charge in [0.05, 0.1) is 11.3 Å². The number of hydrazine groups is 1. The first-order valence-electron chi connectivity index (χ1n) is 5.59. The van der Waals surface area contributed by atoms with Gasteiger partial charge < -0.3 is 10.3 Å². The molecule has 2 rings (SSSR count). The first kappa shape index (κ1) is 12.4. The van der Waals surface area contributed by atoms with E-state index in [4.69, 9.17) is 5.26 Å². The van der Waals surface area contributed by atoms with Crippen LogP contribution in [0.15, 0.2) is 22.7 Å². The molecule has 0 aromatic heterocycles. The lowest BCUT2D eigenvalue weighted by Gasteiger charge is -2.33. The Hall–Kier alpha value is -1.09. The first-order valence-corrected chi connectivity index (χ1v) is 6.38. The maximum atomic E-state index is 9.08. The molecule has 0 unspecified atom stereocenters. The maximum absolute atomic E-state index is 9.08. The van der Waals surface area contributed by atoms with Crippen LogP contribution in [-0.4, -0.2) is 43.1 Å². The standard InChI is InChI=1S/C12H15BrN4/c1-16-4-6-17(7-5-16)15-12-3-2-11(13)8-10(12)9-14/h2-3,8,15H,4-7H2,1H3. The van der Waals surface area contributed by atoms with E-state index in [-0.39, 0.29) is 0 Å². The van der Waals surface area contributed by atoms with Gasteiger partial charge in [0.2, 0.25) is 0 Å². The molecule has 1 aromatic carbocycles. The van der Waals surface area contributed by atoms with Gasteiger partial charge in [-0.15, -0.1) is 0 Å². The van der Waals surface area contributed by atoms with Gasteiger partial charge in [0.25, 0.3) is 0 Å². The van der Waals surface area contributed by atoms with Gasteiger partial charge in [-0.3, -0.25) is 0 Å². The van der Waals surface area contributed by atoms with Gasteiger partial charge in [0.1, 0.15) is 6.07 Å². The molecule has 1 fully saturated rings. The third-order valence-electron chi connectivity index (χ3n) is 2.88. The lowest BCUT2D eigenvalue weighted by atomic mass is 10.2. The lowest BCUT2D eigenvalue weighted by Crippen LogP contribution is -2.47. The van der Waals surface area contributed by atoms with Crippen LogP contribution < -0.4 is 5.43 Å². The Morgan fingerprint density at radius 3 is 2.65 bits per heavy atom. The fourth-order valence-electron chi connectivity index (χ4n) is 1.80. The van der Waals surface area contributed by atoms with Gasteiger partial charge in [-0.05, 0) is 25.2 Å². The second-order valence-corrected chi connectivity index (χ2v) is 5.12. The molecule has 0 atom stereocenters. The molecule has 0 radical (unpaired) electrons. The zero-order valence-corrected chi connectivity index (χ0v) is 11.4. The van der Waals surface area contributed by atoms with Crippen LogP contribution in [0.4, 0.5) is 5.69 Å². The van der Waals surface area contributed by atoms with Crippen LogP contribution in [0.25, 0.3) is 0 Å². The van der Waals surface area contributed by atoms with E-state index in [9.17, 15) is 0 Å². The highest BCUT2D eigenvalue weighted by Crippen LogP contribution is 2.21. The second-order valence-electron chi connectivity index (χ2n) is 4.20. The molecule has 0 bridgehead atoms. The molecule has 0 saturated carbocycles. The Kier molecular flexibility index (Phi) is 4.00. The van der Waals surface area contributed by atoms with Gasteiger partial charge in [-0.2, -0.15) is 5.26 Å². The van der Waals surface area contributed by atoms with E-state index in [0.29, 0.717) is 5.56 Å². The predicted octanol–water partition coefficient (Wildman–Crippen LogP) is 1.90. The van der Waals surface area contributed by atoms with Crippen LogP contribution >= 0.6 is 15.9 Å². The summed E-state index contributed by atoms with van der Waals surface area (Å²) < 4.78 is 0.929. The summed E-state index contributed by atoms with van der Waals surface area (Å²) >= 11 is 3.37. The van der Waals surface area contributed by atoms with Gasteiger partial charge in [0, 0.05) is 30.7 Å². The Morgan fingerprint density at radius 1 is 1.29 bits per heavy atom. The van der Waals surface area contributed by atoms with Gasteiger partial charge in [-0.25, -0.2) is 5.01 Å². The highest BCUT2D eigenvalue weighted by molar-refractivity contribution is 9.10. The molecule has 1 aromatic rings. The molecular formula is C12H15BrN4. The van der Waals surface area contributed by atoms with Crippen LogP contribution in [0.3, 0.4) is 0 Å². The highest BCUT2D eigenvalue weighted by atomic mass is 79.9. The fraction of sp³-hybridized carbons (Fsp3) is 0.417. The topological polar surface area (TPSA) is 42.3 Å². The number of nitrogens with zero attached hydrogens (tertiary/aromatic N) is 3. The van der Waals surface area contributed by atoms with Crippen LogP contribution in [0.5, 0.6) is 0 Å². The van der Waals surface area contributed by atoms with Crippen molar-refractivity contribution in [1.29, 1.82) is 5.26 Å². The van der Waals surface area contributed by atoms with Crippen molar-refractivity contribution < 1.29 is 0 Å². The largest absolute Gasteiger partial charge is 0.317 e. The number of rotatable bonds is 2. The minimum absolute atomic E-state index is 0.665. The van der Waals surface area contributed by atoms with Crippen molar-refractivity contribution in [3.05, 3.63) is 28.2 Å². The summed E-state index contributed by atoms with van der Waals surface area (Å²) in [5.41, 5.74) is 4.85. The summed E-state index contributed by atoms with van der Waals surface area (Å²) in [4.78, 5) is 2.30. The number of piperazine rings is 1. The number of nitrogens with one attached hydrogen (secondary N) is 1. The van der Waals surface area contributed by atoms with Crippen LogP contribution in [-0.2, 0) is 0 Å². The number of likely N-dealkylation sites (N-methyl/N-ethyl adjacent to an activating group) is 1. The van der Waals surface area contributed by atoms with Crippen molar-refractivity contribution >= 4 is 21.6 Å². The molecule has 1 heterocycles.